The summed E-state index contributed by atoms with van der Waals surface area (Å²) in [5, 5.41) is 11.7. The van der Waals surface area contributed by atoms with Gasteiger partial charge in [0.2, 0.25) is 0 Å². The summed E-state index contributed by atoms with van der Waals surface area (Å²) in [7, 11) is 0. The van der Waals surface area contributed by atoms with Crippen LogP contribution in [0.1, 0.15) is 31.1 Å². The number of rotatable bonds is 7. The third-order valence-corrected chi connectivity index (χ3v) is 2.60. The minimum Gasteiger partial charge on any atom is -0.493 e. The van der Waals surface area contributed by atoms with Crippen LogP contribution in [0.25, 0.3) is 0 Å². The zero-order chi connectivity index (χ0) is 14.3. The zero-order valence-electron chi connectivity index (χ0n) is 11.8. The van der Waals surface area contributed by atoms with E-state index in [1.807, 2.05) is 13.0 Å². The lowest BCUT2D eigenvalue weighted by molar-refractivity contribution is 0.0942. The molecule has 1 aromatic rings. The van der Waals surface area contributed by atoms with Gasteiger partial charge in [0, 0.05) is 18.7 Å². The fraction of sp³-hybridized carbons (Fsp3) is 0.533. The Bertz CT molecular complexity index is 404. The van der Waals surface area contributed by atoms with Gasteiger partial charge in [-0.1, -0.05) is 26.8 Å². The highest BCUT2D eigenvalue weighted by Crippen LogP contribution is 2.14. The molecular formula is C15H23NO3. The fourth-order valence-electron chi connectivity index (χ4n) is 1.42. The van der Waals surface area contributed by atoms with Crippen LogP contribution in [0.2, 0.25) is 0 Å². The molecule has 4 nitrogen and oxygen atoms in total. The molecular weight excluding hydrogens is 242 g/mol. The average Bonchev–Trinajstić information content (AvgIpc) is 2.42. The molecule has 0 aliphatic rings. The highest BCUT2D eigenvalue weighted by atomic mass is 16.5. The first-order valence-electron chi connectivity index (χ1n) is 6.64. The number of aliphatic hydroxyl groups is 1. The Morgan fingerprint density at radius 1 is 1.37 bits per heavy atom. The normalized spacial score (nSPS) is 12.3. The predicted octanol–water partition coefficient (Wildman–Crippen LogP) is 2.08. The molecule has 0 aliphatic carbocycles. The lowest BCUT2D eigenvalue weighted by Crippen LogP contribution is -2.29. The van der Waals surface area contributed by atoms with E-state index in [0.29, 0.717) is 30.4 Å². The Kier molecular flexibility index (Phi) is 6.36. The van der Waals surface area contributed by atoms with Crippen LogP contribution in [0.3, 0.4) is 0 Å². The first-order chi connectivity index (χ1) is 9.02. The van der Waals surface area contributed by atoms with Gasteiger partial charge in [-0.3, -0.25) is 4.79 Å². The van der Waals surface area contributed by atoms with Crippen LogP contribution < -0.4 is 10.1 Å². The van der Waals surface area contributed by atoms with E-state index in [4.69, 9.17) is 9.84 Å². The summed E-state index contributed by atoms with van der Waals surface area (Å²) >= 11 is 0. The molecule has 0 fully saturated rings. The van der Waals surface area contributed by atoms with Crippen LogP contribution in [0, 0.1) is 11.8 Å². The summed E-state index contributed by atoms with van der Waals surface area (Å²) in [6, 6.07) is 7.14. The van der Waals surface area contributed by atoms with Crippen molar-refractivity contribution in [2.75, 3.05) is 19.8 Å². The first kappa shape index (κ1) is 15.5. The maximum atomic E-state index is 11.9. The molecule has 0 spiro atoms. The van der Waals surface area contributed by atoms with Gasteiger partial charge in [-0.05, 0) is 30.0 Å². The molecule has 0 aromatic heterocycles. The number of carbonyl (C=O) groups is 1. The molecule has 2 N–H and O–H groups in total. The second-order valence-corrected chi connectivity index (χ2v) is 5.23. The minimum absolute atomic E-state index is 0.0596. The monoisotopic (exact) mass is 265 g/mol. The molecule has 0 saturated carbocycles. The van der Waals surface area contributed by atoms with Crippen molar-refractivity contribution in [1.82, 2.24) is 5.32 Å². The molecule has 19 heavy (non-hydrogen) atoms. The topological polar surface area (TPSA) is 58.6 Å². The van der Waals surface area contributed by atoms with Crippen molar-refractivity contribution < 1.29 is 14.6 Å². The van der Waals surface area contributed by atoms with E-state index in [0.717, 1.165) is 0 Å². The third-order valence-electron chi connectivity index (χ3n) is 2.60. The molecule has 1 unspecified atom stereocenters. The number of nitrogens with one attached hydrogen (secondary N) is 1. The van der Waals surface area contributed by atoms with Crippen molar-refractivity contribution in [2.45, 2.75) is 20.8 Å². The average molecular weight is 265 g/mol. The summed E-state index contributed by atoms with van der Waals surface area (Å²) in [6.07, 6.45) is 0. The van der Waals surface area contributed by atoms with Gasteiger partial charge in [-0.25, -0.2) is 0 Å². The second kappa shape index (κ2) is 7.79. The molecule has 0 radical (unpaired) electrons. The summed E-state index contributed by atoms with van der Waals surface area (Å²) in [4.78, 5) is 11.9. The fourth-order valence-corrected chi connectivity index (χ4v) is 1.42. The smallest absolute Gasteiger partial charge is 0.251 e. The Morgan fingerprint density at radius 2 is 2.11 bits per heavy atom. The van der Waals surface area contributed by atoms with Crippen molar-refractivity contribution >= 4 is 5.91 Å². The lowest BCUT2D eigenvalue weighted by Gasteiger charge is -2.11. The van der Waals surface area contributed by atoms with Gasteiger partial charge < -0.3 is 15.2 Å². The van der Waals surface area contributed by atoms with Gasteiger partial charge in [0.15, 0.2) is 0 Å². The Labute approximate surface area is 114 Å². The number of ether oxygens (including phenoxy) is 1. The van der Waals surface area contributed by atoms with Crippen molar-refractivity contribution in [1.29, 1.82) is 0 Å². The number of amides is 1. The van der Waals surface area contributed by atoms with E-state index in [9.17, 15) is 4.79 Å². The van der Waals surface area contributed by atoms with Crippen LogP contribution in [-0.4, -0.2) is 30.8 Å². The van der Waals surface area contributed by atoms with E-state index in [-0.39, 0.29) is 18.4 Å². The van der Waals surface area contributed by atoms with Crippen molar-refractivity contribution in [3.05, 3.63) is 29.8 Å². The van der Waals surface area contributed by atoms with Crippen molar-refractivity contribution in [2.24, 2.45) is 11.8 Å². The molecule has 0 saturated heterocycles. The largest absolute Gasteiger partial charge is 0.493 e. The maximum absolute atomic E-state index is 11.9. The van der Waals surface area contributed by atoms with Crippen LogP contribution in [0.5, 0.6) is 5.75 Å². The van der Waals surface area contributed by atoms with Gasteiger partial charge in [-0.2, -0.15) is 0 Å². The molecule has 0 aliphatic heterocycles. The maximum Gasteiger partial charge on any atom is 0.251 e. The zero-order valence-corrected chi connectivity index (χ0v) is 11.8. The molecule has 1 atom stereocenters. The molecule has 1 aromatic carbocycles. The quantitative estimate of drug-likeness (QED) is 0.793. The van der Waals surface area contributed by atoms with Crippen LogP contribution >= 0.6 is 0 Å². The van der Waals surface area contributed by atoms with E-state index >= 15 is 0 Å². The van der Waals surface area contributed by atoms with Crippen molar-refractivity contribution in [3.63, 3.8) is 0 Å². The Morgan fingerprint density at radius 3 is 2.74 bits per heavy atom. The summed E-state index contributed by atoms with van der Waals surface area (Å²) < 4.78 is 5.59. The summed E-state index contributed by atoms with van der Waals surface area (Å²) in [6.45, 7) is 7.19. The lowest BCUT2D eigenvalue weighted by atomic mass is 10.1. The van der Waals surface area contributed by atoms with Crippen molar-refractivity contribution in [3.8, 4) is 5.75 Å². The molecule has 1 amide bonds. The van der Waals surface area contributed by atoms with Gasteiger partial charge >= 0.3 is 0 Å². The van der Waals surface area contributed by atoms with Gasteiger partial charge in [0.1, 0.15) is 5.75 Å². The van der Waals surface area contributed by atoms with Crippen LogP contribution in [0.4, 0.5) is 0 Å². The predicted molar refractivity (Wildman–Crippen MR) is 75.4 cm³/mol. The number of carbonyl (C=O) groups excluding carboxylic acids is 1. The molecule has 106 valence electrons. The van der Waals surface area contributed by atoms with E-state index in [1.54, 1.807) is 18.2 Å². The second-order valence-electron chi connectivity index (χ2n) is 5.23. The number of hydrogen-bond acceptors (Lipinski definition) is 3. The van der Waals surface area contributed by atoms with Gasteiger partial charge in [-0.15, -0.1) is 0 Å². The highest BCUT2D eigenvalue weighted by molar-refractivity contribution is 5.94. The van der Waals surface area contributed by atoms with E-state index < -0.39 is 0 Å². The number of aliphatic hydroxyl groups excluding tert-OH is 1. The number of hydrogen-bond donors (Lipinski definition) is 2. The summed E-state index contributed by atoms with van der Waals surface area (Å²) in [5.74, 6) is 1.07. The highest BCUT2D eigenvalue weighted by Gasteiger charge is 2.08. The van der Waals surface area contributed by atoms with Crippen LogP contribution in [0.15, 0.2) is 24.3 Å². The minimum atomic E-state index is -0.143. The Balaban J connectivity index is 2.57. The third kappa shape index (κ3) is 5.75. The first-order valence-corrected chi connectivity index (χ1v) is 6.64. The standard InChI is InChI=1S/C15H23NO3/c1-11(2)10-19-14-6-4-5-13(7-14)15(18)16-8-12(3)9-17/h4-7,11-12,17H,8-10H2,1-3H3,(H,16,18). The summed E-state index contributed by atoms with van der Waals surface area (Å²) in [5.41, 5.74) is 0.575. The van der Waals surface area contributed by atoms with E-state index in [1.165, 1.54) is 0 Å². The van der Waals surface area contributed by atoms with Gasteiger partial charge in [0.25, 0.3) is 5.91 Å². The number of benzene rings is 1. The van der Waals surface area contributed by atoms with Gasteiger partial charge in [0.05, 0.1) is 6.61 Å². The Hall–Kier alpha value is -1.55. The van der Waals surface area contributed by atoms with Crippen LogP contribution in [-0.2, 0) is 0 Å². The molecule has 1 rings (SSSR count). The van der Waals surface area contributed by atoms with E-state index in [2.05, 4.69) is 19.2 Å². The SMILES string of the molecule is CC(C)COc1cccc(C(=O)NCC(C)CO)c1. The molecule has 4 heteroatoms. The molecule has 0 bridgehead atoms. The molecule has 0 heterocycles.